The third-order valence-corrected chi connectivity index (χ3v) is 6.14. The molecule has 1 saturated heterocycles. The zero-order valence-corrected chi connectivity index (χ0v) is 18.2. The molecule has 2 fully saturated rings. The van der Waals surface area contributed by atoms with Gasteiger partial charge in [0, 0.05) is 36.7 Å². The van der Waals surface area contributed by atoms with Gasteiger partial charge in [-0.05, 0) is 68.5 Å². The molecule has 1 N–H and O–H groups in total. The van der Waals surface area contributed by atoms with E-state index in [0.717, 1.165) is 35.6 Å². The average molecular weight is 423 g/mol. The van der Waals surface area contributed by atoms with Crippen LogP contribution in [-0.4, -0.2) is 38.1 Å². The number of benzene rings is 2. The summed E-state index contributed by atoms with van der Waals surface area (Å²) in [5, 5.41) is 2.80. The van der Waals surface area contributed by atoms with Crippen LogP contribution in [0.2, 0.25) is 0 Å². The van der Waals surface area contributed by atoms with Crippen LogP contribution in [0.4, 0.5) is 5.69 Å². The van der Waals surface area contributed by atoms with E-state index in [1.54, 1.807) is 24.1 Å². The normalized spacial score (nSPS) is 19.0. The molecule has 2 aliphatic rings. The monoisotopic (exact) mass is 422 g/mol. The van der Waals surface area contributed by atoms with Crippen LogP contribution in [0.3, 0.4) is 0 Å². The van der Waals surface area contributed by atoms with Gasteiger partial charge in [0.05, 0.1) is 13.2 Å². The fourth-order valence-corrected chi connectivity index (χ4v) is 4.48. The summed E-state index contributed by atoms with van der Waals surface area (Å²) < 4.78 is 11.7. The van der Waals surface area contributed by atoms with E-state index in [9.17, 15) is 9.59 Å². The molecule has 0 bridgehead atoms. The number of rotatable bonds is 7. The molecular formula is C25H30N2O4. The Hall–Kier alpha value is -3.02. The fourth-order valence-electron chi connectivity index (χ4n) is 4.48. The number of methoxy groups -OCH3 is 1. The number of nitrogens with zero attached hydrogens (tertiary/aromatic N) is 1. The molecule has 0 aromatic heterocycles. The molecule has 6 nitrogen and oxygen atoms in total. The number of amides is 2. The minimum atomic E-state index is -0.128. The smallest absolute Gasteiger partial charge is 0.251 e. The second-order valence-corrected chi connectivity index (χ2v) is 8.25. The van der Waals surface area contributed by atoms with E-state index in [2.05, 4.69) is 5.32 Å². The summed E-state index contributed by atoms with van der Waals surface area (Å²) in [4.78, 5) is 26.8. The van der Waals surface area contributed by atoms with Crippen LogP contribution in [-0.2, 0) is 4.79 Å². The lowest BCUT2D eigenvalue weighted by molar-refractivity contribution is -0.117. The number of carbonyl (C=O) groups excluding carboxylic acids is 2. The Morgan fingerprint density at radius 2 is 1.94 bits per heavy atom. The summed E-state index contributed by atoms with van der Waals surface area (Å²) in [5.41, 5.74) is 2.39. The van der Waals surface area contributed by atoms with E-state index in [-0.39, 0.29) is 23.8 Å². The Labute approximate surface area is 183 Å². The van der Waals surface area contributed by atoms with Crippen molar-refractivity contribution in [2.75, 3.05) is 25.1 Å². The van der Waals surface area contributed by atoms with Crippen molar-refractivity contribution in [1.82, 2.24) is 5.32 Å². The maximum atomic E-state index is 12.8. The van der Waals surface area contributed by atoms with Crippen molar-refractivity contribution in [1.29, 1.82) is 0 Å². The summed E-state index contributed by atoms with van der Waals surface area (Å²) in [6.45, 7) is 3.03. The van der Waals surface area contributed by atoms with Crippen molar-refractivity contribution >= 4 is 17.5 Å². The largest absolute Gasteiger partial charge is 0.493 e. The van der Waals surface area contributed by atoms with E-state index in [0.29, 0.717) is 25.1 Å². The molecule has 2 amide bonds. The molecule has 1 atom stereocenters. The van der Waals surface area contributed by atoms with Gasteiger partial charge in [-0.3, -0.25) is 9.59 Å². The molecule has 0 radical (unpaired) electrons. The summed E-state index contributed by atoms with van der Waals surface area (Å²) in [7, 11) is 1.65. The summed E-state index contributed by atoms with van der Waals surface area (Å²) >= 11 is 0. The first-order valence-electron chi connectivity index (χ1n) is 11.1. The third-order valence-electron chi connectivity index (χ3n) is 6.14. The topological polar surface area (TPSA) is 67.9 Å². The van der Waals surface area contributed by atoms with Gasteiger partial charge in [0.2, 0.25) is 5.91 Å². The van der Waals surface area contributed by atoms with Crippen LogP contribution >= 0.6 is 0 Å². The molecule has 1 heterocycles. The highest BCUT2D eigenvalue weighted by atomic mass is 16.5. The maximum absolute atomic E-state index is 12.8. The van der Waals surface area contributed by atoms with Crippen LogP contribution < -0.4 is 19.7 Å². The van der Waals surface area contributed by atoms with Crippen molar-refractivity contribution in [3.63, 3.8) is 0 Å². The van der Waals surface area contributed by atoms with Gasteiger partial charge in [-0.2, -0.15) is 0 Å². The predicted molar refractivity (Wildman–Crippen MR) is 120 cm³/mol. The van der Waals surface area contributed by atoms with Gasteiger partial charge in [0.25, 0.3) is 5.91 Å². The standard InChI is InChI=1S/C25H30N2O4/c1-3-26-25(29)18-7-6-8-20(13-18)27-16-19(15-24(27)28)17-11-12-22(30-2)23(14-17)31-21-9-4-5-10-21/h6-8,11-14,19,21H,3-5,9-10,15-16H2,1-2H3,(H,26,29). The molecule has 2 aromatic carbocycles. The predicted octanol–water partition coefficient (Wildman–Crippen LogP) is 4.29. The van der Waals surface area contributed by atoms with Crippen LogP contribution in [0, 0.1) is 0 Å². The van der Waals surface area contributed by atoms with Crippen molar-refractivity contribution in [3.05, 3.63) is 53.6 Å². The molecule has 2 aromatic rings. The molecule has 6 heteroatoms. The quantitative estimate of drug-likeness (QED) is 0.723. The lowest BCUT2D eigenvalue weighted by Gasteiger charge is -2.20. The van der Waals surface area contributed by atoms with Crippen LogP contribution in [0.15, 0.2) is 42.5 Å². The minimum Gasteiger partial charge on any atom is -0.493 e. The molecule has 1 unspecified atom stereocenters. The van der Waals surface area contributed by atoms with Crippen LogP contribution in [0.1, 0.15) is 60.9 Å². The summed E-state index contributed by atoms with van der Waals surface area (Å²) in [6.07, 6.45) is 5.22. The fraction of sp³-hybridized carbons (Fsp3) is 0.440. The number of anilines is 1. The Morgan fingerprint density at radius 3 is 2.68 bits per heavy atom. The highest BCUT2D eigenvalue weighted by molar-refractivity contribution is 5.99. The number of carbonyl (C=O) groups is 2. The van der Waals surface area contributed by atoms with Gasteiger partial charge in [0.1, 0.15) is 0 Å². The lowest BCUT2D eigenvalue weighted by Crippen LogP contribution is -2.26. The molecule has 4 rings (SSSR count). The highest BCUT2D eigenvalue weighted by Crippen LogP contribution is 2.38. The van der Waals surface area contributed by atoms with Crippen molar-refractivity contribution in [2.24, 2.45) is 0 Å². The Balaban J connectivity index is 1.53. The number of hydrogen-bond acceptors (Lipinski definition) is 4. The highest BCUT2D eigenvalue weighted by Gasteiger charge is 2.32. The second-order valence-electron chi connectivity index (χ2n) is 8.25. The SMILES string of the molecule is CCNC(=O)c1cccc(N2CC(c3ccc(OC)c(OC4CCCC4)c3)CC2=O)c1. The van der Waals surface area contributed by atoms with E-state index < -0.39 is 0 Å². The summed E-state index contributed by atoms with van der Waals surface area (Å²) in [5.74, 6) is 1.49. The van der Waals surface area contributed by atoms with Gasteiger partial charge >= 0.3 is 0 Å². The van der Waals surface area contributed by atoms with E-state index in [1.165, 1.54) is 12.8 Å². The first kappa shape index (κ1) is 21.2. The van der Waals surface area contributed by atoms with Crippen molar-refractivity contribution in [2.45, 2.75) is 51.0 Å². The van der Waals surface area contributed by atoms with E-state index in [1.807, 2.05) is 37.3 Å². The summed E-state index contributed by atoms with van der Waals surface area (Å²) in [6, 6.07) is 13.2. The van der Waals surface area contributed by atoms with Crippen molar-refractivity contribution in [3.8, 4) is 11.5 Å². The zero-order chi connectivity index (χ0) is 21.8. The molecule has 1 saturated carbocycles. The molecule has 0 spiro atoms. The third kappa shape index (κ3) is 4.68. The Kier molecular flexibility index (Phi) is 6.44. The van der Waals surface area contributed by atoms with Crippen LogP contribution in [0.5, 0.6) is 11.5 Å². The molecule has 31 heavy (non-hydrogen) atoms. The first-order valence-corrected chi connectivity index (χ1v) is 11.1. The average Bonchev–Trinajstić information content (AvgIpc) is 3.43. The van der Waals surface area contributed by atoms with E-state index in [4.69, 9.17) is 9.47 Å². The maximum Gasteiger partial charge on any atom is 0.251 e. The Morgan fingerprint density at radius 1 is 1.13 bits per heavy atom. The van der Waals surface area contributed by atoms with Gasteiger partial charge in [-0.1, -0.05) is 12.1 Å². The first-order chi connectivity index (χ1) is 15.1. The molecule has 1 aliphatic heterocycles. The zero-order valence-electron chi connectivity index (χ0n) is 18.2. The molecular weight excluding hydrogens is 392 g/mol. The molecule has 164 valence electrons. The number of ether oxygens (including phenoxy) is 2. The van der Waals surface area contributed by atoms with Gasteiger partial charge in [-0.25, -0.2) is 0 Å². The van der Waals surface area contributed by atoms with Gasteiger partial charge < -0.3 is 19.7 Å². The lowest BCUT2D eigenvalue weighted by atomic mass is 9.98. The van der Waals surface area contributed by atoms with Gasteiger partial charge in [0.15, 0.2) is 11.5 Å². The van der Waals surface area contributed by atoms with E-state index >= 15 is 0 Å². The minimum absolute atomic E-state index is 0.0622. The second kappa shape index (κ2) is 9.41. The van der Waals surface area contributed by atoms with Crippen molar-refractivity contribution < 1.29 is 19.1 Å². The number of hydrogen-bond donors (Lipinski definition) is 1. The Bertz CT molecular complexity index is 952. The molecule has 1 aliphatic carbocycles. The number of nitrogens with one attached hydrogen (secondary N) is 1. The van der Waals surface area contributed by atoms with Crippen LogP contribution in [0.25, 0.3) is 0 Å². The van der Waals surface area contributed by atoms with Gasteiger partial charge in [-0.15, -0.1) is 0 Å².